The molecular weight excluding hydrogens is 309 g/mol. The lowest BCUT2D eigenvalue weighted by atomic mass is 10.0. The van der Waals surface area contributed by atoms with E-state index in [0.717, 1.165) is 6.42 Å². The molecule has 1 aliphatic rings. The fraction of sp³-hybridized carbons (Fsp3) is 0.500. The minimum Gasteiger partial charge on any atom is -0.389 e. The van der Waals surface area contributed by atoms with E-state index >= 15 is 0 Å². The van der Waals surface area contributed by atoms with Gasteiger partial charge in [0.2, 0.25) is 10.0 Å². The third-order valence-corrected chi connectivity index (χ3v) is 5.26. The normalized spacial score (nSPS) is 27.7. The fourth-order valence-electron chi connectivity index (χ4n) is 2.27. The average molecular weight is 324 g/mol. The van der Waals surface area contributed by atoms with Crippen molar-refractivity contribution in [2.24, 2.45) is 0 Å². The SMILES string of the molecule is CC1(O)CCCC1NS(=O)(=O)c1cc(Cl)cc(Cl)c1. The molecule has 0 aliphatic heterocycles. The molecule has 2 atom stereocenters. The second kappa shape index (κ2) is 5.22. The highest BCUT2D eigenvalue weighted by Crippen LogP contribution is 2.31. The molecule has 2 N–H and O–H groups in total. The first kappa shape index (κ1) is 15.1. The topological polar surface area (TPSA) is 66.4 Å². The van der Waals surface area contributed by atoms with Crippen LogP contribution in [0.4, 0.5) is 0 Å². The van der Waals surface area contributed by atoms with Gasteiger partial charge in [0.1, 0.15) is 0 Å². The molecule has 0 heterocycles. The second-order valence-corrected chi connectivity index (χ2v) is 7.62. The van der Waals surface area contributed by atoms with Crippen molar-refractivity contribution in [1.82, 2.24) is 4.72 Å². The summed E-state index contributed by atoms with van der Waals surface area (Å²) in [5, 5.41) is 10.6. The third-order valence-electron chi connectivity index (χ3n) is 3.37. The molecule has 106 valence electrons. The van der Waals surface area contributed by atoms with Gasteiger partial charge in [-0.05, 0) is 44.4 Å². The molecule has 0 bridgehead atoms. The molecule has 0 amide bonds. The number of nitrogens with one attached hydrogen (secondary N) is 1. The Morgan fingerprint density at radius 2 is 1.89 bits per heavy atom. The molecular formula is C12H15Cl2NO3S. The van der Waals surface area contributed by atoms with Gasteiger partial charge in [0.15, 0.2) is 0 Å². The molecule has 19 heavy (non-hydrogen) atoms. The van der Waals surface area contributed by atoms with Gasteiger partial charge in [0.25, 0.3) is 0 Å². The summed E-state index contributed by atoms with van der Waals surface area (Å²) in [6, 6.07) is 3.64. The van der Waals surface area contributed by atoms with Gasteiger partial charge in [-0.15, -0.1) is 0 Å². The predicted octanol–water partition coefficient (Wildman–Crippen LogP) is 2.58. The van der Waals surface area contributed by atoms with Crippen molar-refractivity contribution in [1.29, 1.82) is 0 Å². The highest BCUT2D eigenvalue weighted by Gasteiger charge is 2.39. The lowest BCUT2D eigenvalue weighted by Gasteiger charge is -2.26. The average Bonchev–Trinajstić information content (AvgIpc) is 2.56. The van der Waals surface area contributed by atoms with Crippen molar-refractivity contribution in [2.45, 2.75) is 42.7 Å². The Labute approximate surface area is 122 Å². The van der Waals surface area contributed by atoms with E-state index in [1.165, 1.54) is 18.2 Å². The van der Waals surface area contributed by atoms with E-state index in [-0.39, 0.29) is 14.9 Å². The summed E-state index contributed by atoms with van der Waals surface area (Å²) in [6.07, 6.45) is 1.98. The number of sulfonamides is 1. The summed E-state index contributed by atoms with van der Waals surface area (Å²) in [5.74, 6) is 0. The van der Waals surface area contributed by atoms with Crippen molar-refractivity contribution in [3.05, 3.63) is 28.2 Å². The first-order valence-electron chi connectivity index (χ1n) is 5.91. The number of benzene rings is 1. The van der Waals surface area contributed by atoms with Gasteiger partial charge in [-0.3, -0.25) is 0 Å². The van der Waals surface area contributed by atoms with Crippen LogP contribution in [0, 0.1) is 0 Å². The van der Waals surface area contributed by atoms with Crippen LogP contribution in [-0.2, 0) is 10.0 Å². The molecule has 0 radical (unpaired) electrons. The second-order valence-electron chi connectivity index (χ2n) is 5.03. The molecule has 1 aromatic carbocycles. The summed E-state index contributed by atoms with van der Waals surface area (Å²) < 4.78 is 27.0. The van der Waals surface area contributed by atoms with Crippen molar-refractivity contribution in [3.63, 3.8) is 0 Å². The van der Waals surface area contributed by atoms with Crippen molar-refractivity contribution in [2.75, 3.05) is 0 Å². The van der Waals surface area contributed by atoms with Crippen LogP contribution in [0.3, 0.4) is 0 Å². The first-order valence-corrected chi connectivity index (χ1v) is 8.15. The number of hydrogen-bond donors (Lipinski definition) is 2. The smallest absolute Gasteiger partial charge is 0.241 e. The van der Waals surface area contributed by atoms with Crippen LogP contribution in [-0.4, -0.2) is 25.2 Å². The van der Waals surface area contributed by atoms with E-state index in [2.05, 4.69) is 4.72 Å². The number of halogens is 2. The quantitative estimate of drug-likeness (QED) is 0.898. The van der Waals surface area contributed by atoms with Crippen LogP contribution in [0.5, 0.6) is 0 Å². The number of hydrogen-bond acceptors (Lipinski definition) is 3. The van der Waals surface area contributed by atoms with Gasteiger partial charge in [-0.25, -0.2) is 13.1 Å². The van der Waals surface area contributed by atoms with Gasteiger partial charge in [0, 0.05) is 10.0 Å². The Morgan fingerprint density at radius 1 is 1.32 bits per heavy atom. The summed E-state index contributed by atoms with van der Waals surface area (Å²) in [4.78, 5) is 0.00713. The molecule has 4 nitrogen and oxygen atoms in total. The predicted molar refractivity (Wildman–Crippen MR) is 75.0 cm³/mol. The molecule has 1 saturated carbocycles. The van der Waals surface area contributed by atoms with E-state index in [1.807, 2.05) is 0 Å². The van der Waals surface area contributed by atoms with Crippen LogP contribution < -0.4 is 4.72 Å². The highest BCUT2D eigenvalue weighted by molar-refractivity contribution is 7.89. The Morgan fingerprint density at radius 3 is 2.37 bits per heavy atom. The maximum Gasteiger partial charge on any atom is 0.241 e. The first-order chi connectivity index (χ1) is 8.71. The maximum absolute atomic E-state index is 12.2. The van der Waals surface area contributed by atoms with E-state index in [0.29, 0.717) is 12.8 Å². The number of aliphatic hydroxyl groups is 1. The monoisotopic (exact) mass is 323 g/mol. The third kappa shape index (κ3) is 3.41. The minimum atomic E-state index is -3.74. The molecule has 1 fully saturated rings. The maximum atomic E-state index is 12.2. The molecule has 0 spiro atoms. The Balaban J connectivity index is 2.28. The largest absolute Gasteiger partial charge is 0.389 e. The van der Waals surface area contributed by atoms with Crippen LogP contribution in [0.15, 0.2) is 23.1 Å². The number of rotatable bonds is 3. The zero-order valence-electron chi connectivity index (χ0n) is 10.4. The summed E-state index contributed by atoms with van der Waals surface area (Å²) >= 11 is 11.6. The van der Waals surface area contributed by atoms with Gasteiger partial charge in [-0.1, -0.05) is 23.2 Å². The van der Waals surface area contributed by atoms with Crippen molar-refractivity contribution < 1.29 is 13.5 Å². The van der Waals surface area contributed by atoms with E-state index in [9.17, 15) is 13.5 Å². The van der Waals surface area contributed by atoms with Crippen LogP contribution in [0.2, 0.25) is 10.0 Å². The Hall–Kier alpha value is -0.330. The summed E-state index contributed by atoms with van der Waals surface area (Å²) in [6.45, 7) is 1.64. The van der Waals surface area contributed by atoms with Crippen molar-refractivity contribution in [3.8, 4) is 0 Å². The van der Waals surface area contributed by atoms with Crippen LogP contribution in [0.25, 0.3) is 0 Å². The van der Waals surface area contributed by atoms with Gasteiger partial charge < -0.3 is 5.11 Å². The Bertz CT molecular complexity index is 566. The summed E-state index contributed by atoms with van der Waals surface area (Å²) in [7, 11) is -3.74. The molecule has 7 heteroatoms. The van der Waals surface area contributed by atoms with Crippen LogP contribution >= 0.6 is 23.2 Å². The lowest BCUT2D eigenvalue weighted by molar-refractivity contribution is 0.0466. The van der Waals surface area contributed by atoms with Crippen LogP contribution in [0.1, 0.15) is 26.2 Å². The lowest BCUT2D eigenvalue weighted by Crippen LogP contribution is -2.47. The minimum absolute atomic E-state index is 0.00713. The molecule has 2 unspecified atom stereocenters. The standard InChI is InChI=1S/C12H15Cl2NO3S/c1-12(16)4-2-3-11(12)15-19(17,18)10-6-8(13)5-9(14)7-10/h5-7,11,15-16H,2-4H2,1H3. The molecule has 0 saturated heterocycles. The molecule has 0 aromatic heterocycles. The van der Waals surface area contributed by atoms with Gasteiger partial charge in [-0.2, -0.15) is 0 Å². The van der Waals surface area contributed by atoms with E-state index in [4.69, 9.17) is 23.2 Å². The van der Waals surface area contributed by atoms with E-state index < -0.39 is 21.7 Å². The van der Waals surface area contributed by atoms with E-state index in [1.54, 1.807) is 6.92 Å². The molecule has 1 aromatic rings. The van der Waals surface area contributed by atoms with Crippen molar-refractivity contribution >= 4 is 33.2 Å². The zero-order valence-corrected chi connectivity index (χ0v) is 12.7. The fourth-order valence-corrected chi connectivity index (χ4v) is 4.38. The van der Waals surface area contributed by atoms with Gasteiger partial charge in [0.05, 0.1) is 16.5 Å². The zero-order chi connectivity index (χ0) is 14.3. The molecule has 2 rings (SSSR count). The Kier molecular flexibility index (Phi) is 4.14. The molecule has 1 aliphatic carbocycles. The highest BCUT2D eigenvalue weighted by atomic mass is 35.5. The summed E-state index contributed by atoms with van der Waals surface area (Å²) in [5.41, 5.74) is -1.02. The van der Waals surface area contributed by atoms with Gasteiger partial charge >= 0.3 is 0 Å².